The van der Waals surface area contributed by atoms with Crippen LogP contribution < -0.4 is 20.3 Å². The van der Waals surface area contributed by atoms with Gasteiger partial charge in [0.15, 0.2) is 0 Å². The summed E-state index contributed by atoms with van der Waals surface area (Å²) in [6.07, 6.45) is 9.20. The molecular weight excluding hydrogens is 536 g/mol. The monoisotopic (exact) mass is 578 g/mol. The molecule has 3 aliphatic heterocycles. The number of piperidine rings is 1. The number of hydrogen-bond donors (Lipinski definition) is 2. The zero-order valence-corrected chi connectivity index (χ0v) is 25.1. The highest BCUT2D eigenvalue weighted by Gasteiger charge is 2.32. The summed E-state index contributed by atoms with van der Waals surface area (Å²) >= 11 is 0. The summed E-state index contributed by atoms with van der Waals surface area (Å²) in [7, 11) is 1.73. The number of piperazine rings is 1. The third-order valence-corrected chi connectivity index (χ3v) is 10.0. The molecule has 9 nitrogen and oxygen atoms in total. The maximum Gasteiger partial charge on any atom is 0.227 e. The first-order valence-electron chi connectivity index (χ1n) is 16.1. The molecule has 0 spiro atoms. The fraction of sp³-hybridized carbons (Fsp3) is 0.471. The third-order valence-electron chi connectivity index (χ3n) is 10.0. The van der Waals surface area contributed by atoms with E-state index in [0.29, 0.717) is 12.0 Å². The number of methoxy groups -OCH3 is 1. The molecule has 4 fully saturated rings. The second-order valence-corrected chi connectivity index (χ2v) is 12.6. The van der Waals surface area contributed by atoms with E-state index < -0.39 is 0 Å². The minimum Gasteiger partial charge on any atom is -0.494 e. The Balaban J connectivity index is 0.934. The van der Waals surface area contributed by atoms with E-state index in [9.17, 15) is 0 Å². The number of benzene rings is 2. The minimum absolute atomic E-state index is 0.569. The summed E-state index contributed by atoms with van der Waals surface area (Å²) in [5.41, 5.74) is 5.42. The summed E-state index contributed by atoms with van der Waals surface area (Å²) in [6, 6.07) is 19.2. The molecule has 0 bridgehead atoms. The SMILES string of the molecule is COc1cc(N2CCN(C3CCN(C4CNC4)CC3)CC2)ccc1Nc1nccc(-c2cn(C3CC3)c3ccccc23)n1. The lowest BCUT2D eigenvalue weighted by atomic mass is 9.99. The van der Waals surface area contributed by atoms with E-state index in [1.807, 2.05) is 12.3 Å². The van der Waals surface area contributed by atoms with Gasteiger partial charge in [-0.1, -0.05) is 18.2 Å². The van der Waals surface area contributed by atoms with Gasteiger partial charge in [-0.15, -0.1) is 0 Å². The van der Waals surface area contributed by atoms with Gasteiger partial charge in [-0.05, 0) is 49.9 Å². The molecule has 9 heteroatoms. The second-order valence-electron chi connectivity index (χ2n) is 12.6. The number of hydrogen-bond acceptors (Lipinski definition) is 8. The normalized spacial score (nSPS) is 20.8. The number of nitrogens with zero attached hydrogens (tertiary/aromatic N) is 6. The zero-order valence-electron chi connectivity index (χ0n) is 25.1. The highest BCUT2D eigenvalue weighted by atomic mass is 16.5. The van der Waals surface area contributed by atoms with Crippen LogP contribution in [0.15, 0.2) is 60.9 Å². The number of likely N-dealkylation sites (tertiary alicyclic amines) is 1. The van der Waals surface area contributed by atoms with Gasteiger partial charge in [0.25, 0.3) is 0 Å². The van der Waals surface area contributed by atoms with Crippen molar-refractivity contribution in [3.05, 3.63) is 60.9 Å². The molecule has 5 heterocycles. The zero-order chi connectivity index (χ0) is 28.8. The van der Waals surface area contributed by atoms with Gasteiger partial charge < -0.3 is 24.8 Å². The number of aromatic nitrogens is 3. The molecule has 2 aromatic carbocycles. The maximum absolute atomic E-state index is 5.85. The van der Waals surface area contributed by atoms with E-state index >= 15 is 0 Å². The highest BCUT2D eigenvalue weighted by Crippen LogP contribution is 2.41. The number of rotatable bonds is 8. The van der Waals surface area contributed by atoms with E-state index in [-0.39, 0.29) is 0 Å². The molecule has 43 heavy (non-hydrogen) atoms. The molecular formula is C34H42N8O. The molecule has 1 aliphatic carbocycles. The van der Waals surface area contributed by atoms with Gasteiger partial charge in [-0.25, -0.2) is 9.97 Å². The fourth-order valence-electron chi connectivity index (χ4n) is 7.23. The summed E-state index contributed by atoms with van der Waals surface area (Å²) in [5, 5.41) is 8.09. The van der Waals surface area contributed by atoms with Gasteiger partial charge in [-0.3, -0.25) is 9.80 Å². The van der Waals surface area contributed by atoms with Crippen LogP contribution in [-0.4, -0.2) is 95.9 Å². The molecule has 0 atom stereocenters. The van der Waals surface area contributed by atoms with Gasteiger partial charge in [-0.2, -0.15) is 0 Å². The molecule has 2 aromatic heterocycles. The summed E-state index contributed by atoms with van der Waals surface area (Å²) < 4.78 is 8.27. The van der Waals surface area contributed by atoms with E-state index in [1.165, 1.54) is 68.5 Å². The maximum atomic E-state index is 5.85. The number of para-hydroxylation sites is 1. The van der Waals surface area contributed by atoms with E-state index in [2.05, 4.69) is 83.5 Å². The van der Waals surface area contributed by atoms with Crippen LogP contribution in [0.4, 0.5) is 17.3 Å². The van der Waals surface area contributed by atoms with Crippen LogP contribution in [0.3, 0.4) is 0 Å². The Labute approximate surface area is 253 Å². The molecule has 4 aliphatic rings. The molecule has 3 saturated heterocycles. The lowest BCUT2D eigenvalue weighted by molar-refractivity contribution is 0.0630. The average Bonchev–Trinajstić information content (AvgIpc) is 3.81. The van der Waals surface area contributed by atoms with Crippen LogP contribution in [0, 0.1) is 0 Å². The Bertz CT molecular complexity index is 1580. The molecule has 2 N–H and O–H groups in total. The molecule has 0 unspecified atom stereocenters. The molecule has 8 rings (SSSR count). The van der Waals surface area contributed by atoms with Crippen molar-refractivity contribution in [1.29, 1.82) is 0 Å². The first-order chi connectivity index (χ1) is 21.2. The second kappa shape index (κ2) is 11.4. The predicted octanol–water partition coefficient (Wildman–Crippen LogP) is 4.74. The van der Waals surface area contributed by atoms with Gasteiger partial charge >= 0.3 is 0 Å². The van der Waals surface area contributed by atoms with Crippen LogP contribution in [0.25, 0.3) is 22.2 Å². The van der Waals surface area contributed by atoms with Gasteiger partial charge in [0.1, 0.15) is 5.75 Å². The number of fused-ring (bicyclic) bond motifs is 1. The largest absolute Gasteiger partial charge is 0.494 e. The smallest absolute Gasteiger partial charge is 0.227 e. The van der Waals surface area contributed by atoms with Crippen LogP contribution in [-0.2, 0) is 0 Å². The van der Waals surface area contributed by atoms with E-state index in [4.69, 9.17) is 9.72 Å². The van der Waals surface area contributed by atoms with Crippen molar-refractivity contribution in [2.24, 2.45) is 0 Å². The van der Waals surface area contributed by atoms with Crippen molar-refractivity contribution >= 4 is 28.2 Å². The summed E-state index contributed by atoms with van der Waals surface area (Å²) in [6.45, 7) is 9.18. The van der Waals surface area contributed by atoms with E-state index in [0.717, 1.165) is 61.0 Å². The van der Waals surface area contributed by atoms with Crippen molar-refractivity contribution in [3.8, 4) is 17.0 Å². The molecule has 224 valence electrons. The molecule has 0 amide bonds. The Morgan fingerprint density at radius 1 is 0.837 bits per heavy atom. The Hall–Kier alpha value is -3.66. The van der Waals surface area contributed by atoms with Crippen LogP contribution >= 0.6 is 0 Å². The van der Waals surface area contributed by atoms with Gasteiger partial charge in [0, 0.05) is 111 Å². The van der Waals surface area contributed by atoms with Crippen LogP contribution in [0.2, 0.25) is 0 Å². The highest BCUT2D eigenvalue weighted by molar-refractivity contribution is 5.95. The quantitative estimate of drug-likeness (QED) is 0.311. The predicted molar refractivity (Wildman–Crippen MR) is 173 cm³/mol. The van der Waals surface area contributed by atoms with Crippen molar-refractivity contribution in [3.63, 3.8) is 0 Å². The Kier molecular flexibility index (Phi) is 7.17. The lowest BCUT2D eigenvalue weighted by Gasteiger charge is -2.46. The number of anilines is 3. The lowest BCUT2D eigenvalue weighted by Crippen LogP contribution is -2.60. The first-order valence-corrected chi connectivity index (χ1v) is 16.1. The van der Waals surface area contributed by atoms with Crippen molar-refractivity contribution in [1.82, 2.24) is 29.7 Å². The molecule has 0 radical (unpaired) electrons. The third kappa shape index (κ3) is 5.34. The first kappa shape index (κ1) is 26.9. The fourth-order valence-corrected chi connectivity index (χ4v) is 7.23. The number of nitrogens with one attached hydrogen (secondary N) is 2. The summed E-state index contributed by atoms with van der Waals surface area (Å²) in [4.78, 5) is 17.4. The standard InChI is InChI=1S/C34H42N8O/c1-43-33-20-26(41-18-16-40(17-19-41)24-11-14-39(15-12-24)27-21-35-22-27)8-9-31(33)38-34-36-13-10-30(37-34)29-23-42(25-6-7-25)32-5-3-2-4-28(29)32/h2-5,8-10,13,20,23-25,27,35H,6-7,11-12,14-19,21-22H2,1H3,(H,36,37,38). The van der Waals surface area contributed by atoms with Gasteiger partial charge in [0.2, 0.25) is 5.95 Å². The number of ether oxygens (including phenoxy) is 1. The minimum atomic E-state index is 0.569. The van der Waals surface area contributed by atoms with Gasteiger partial charge in [0.05, 0.1) is 18.5 Å². The van der Waals surface area contributed by atoms with Crippen molar-refractivity contribution < 1.29 is 4.74 Å². The van der Waals surface area contributed by atoms with E-state index in [1.54, 1.807) is 7.11 Å². The Morgan fingerprint density at radius 2 is 1.63 bits per heavy atom. The van der Waals surface area contributed by atoms with Crippen LogP contribution in [0.1, 0.15) is 31.7 Å². The Morgan fingerprint density at radius 3 is 2.37 bits per heavy atom. The van der Waals surface area contributed by atoms with Crippen molar-refractivity contribution in [2.45, 2.75) is 43.8 Å². The molecule has 4 aromatic rings. The summed E-state index contributed by atoms with van der Waals surface area (Å²) in [5.74, 6) is 1.37. The topological polar surface area (TPSA) is 73.7 Å². The molecule has 1 saturated carbocycles. The average molecular weight is 579 g/mol. The van der Waals surface area contributed by atoms with Crippen molar-refractivity contribution in [2.75, 3.05) is 69.7 Å². The van der Waals surface area contributed by atoms with Crippen LogP contribution in [0.5, 0.6) is 5.75 Å².